The third-order valence-electron chi connectivity index (χ3n) is 3.86. The molecule has 3 aromatic rings. The zero-order chi connectivity index (χ0) is 14.4. The number of carboxylic acid groups (broad SMARTS) is 1. The molecule has 0 unspecified atom stereocenters. The Labute approximate surface area is 120 Å². The number of rotatable bonds is 1. The highest BCUT2D eigenvalue weighted by atomic mass is 16.4. The van der Waals surface area contributed by atoms with Gasteiger partial charge >= 0.3 is 5.97 Å². The van der Waals surface area contributed by atoms with E-state index in [1.165, 1.54) is 0 Å². The highest BCUT2D eigenvalue weighted by Crippen LogP contribution is 2.24. The summed E-state index contributed by atoms with van der Waals surface area (Å²) in [5.41, 5.74) is 3.73. The van der Waals surface area contributed by atoms with Crippen LogP contribution in [0.5, 0.6) is 0 Å². The van der Waals surface area contributed by atoms with Crippen molar-refractivity contribution in [1.29, 1.82) is 0 Å². The van der Waals surface area contributed by atoms with E-state index in [4.69, 9.17) is 5.11 Å². The molecule has 0 saturated heterocycles. The summed E-state index contributed by atoms with van der Waals surface area (Å²) in [5.74, 6) is -0.874. The van der Waals surface area contributed by atoms with Gasteiger partial charge in [0.05, 0.1) is 22.4 Å². The van der Waals surface area contributed by atoms with Crippen LogP contribution in [-0.2, 0) is 17.6 Å². The SMILES string of the molecule is O=C(O)C1=CCc2nc3cc4ccccc4cc3nc2C1. The number of fused-ring (bicyclic) bond motifs is 3. The summed E-state index contributed by atoms with van der Waals surface area (Å²) < 4.78 is 0. The highest BCUT2D eigenvalue weighted by Gasteiger charge is 2.19. The number of hydrogen-bond acceptors (Lipinski definition) is 3. The molecule has 1 N–H and O–H groups in total. The topological polar surface area (TPSA) is 63.1 Å². The predicted molar refractivity (Wildman–Crippen MR) is 80.2 cm³/mol. The Balaban J connectivity index is 1.92. The van der Waals surface area contributed by atoms with Gasteiger partial charge in [-0.3, -0.25) is 0 Å². The molecule has 4 heteroatoms. The van der Waals surface area contributed by atoms with Gasteiger partial charge in [0, 0.05) is 18.4 Å². The molecule has 0 aliphatic heterocycles. The van der Waals surface area contributed by atoms with Gasteiger partial charge in [-0.05, 0) is 22.9 Å². The van der Waals surface area contributed by atoms with Gasteiger partial charge in [0.1, 0.15) is 0 Å². The Morgan fingerprint density at radius 3 is 2.24 bits per heavy atom. The molecule has 0 spiro atoms. The fraction of sp³-hybridized carbons (Fsp3) is 0.118. The van der Waals surface area contributed by atoms with Crippen molar-refractivity contribution in [3.05, 3.63) is 59.4 Å². The molecule has 102 valence electrons. The molecule has 1 aliphatic rings. The molecular weight excluding hydrogens is 264 g/mol. The second kappa shape index (κ2) is 4.38. The van der Waals surface area contributed by atoms with E-state index >= 15 is 0 Å². The average Bonchev–Trinajstić information content (AvgIpc) is 2.50. The van der Waals surface area contributed by atoms with Crippen LogP contribution >= 0.6 is 0 Å². The van der Waals surface area contributed by atoms with Crippen LogP contribution in [0.25, 0.3) is 21.8 Å². The summed E-state index contributed by atoms with van der Waals surface area (Å²) in [4.78, 5) is 20.4. The van der Waals surface area contributed by atoms with Crippen LogP contribution in [-0.4, -0.2) is 21.0 Å². The van der Waals surface area contributed by atoms with Crippen LogP contribution in [0.1, 0.15) is 11.4 Å². The van der Waals surface area contributed by atoms with Gasteiger partial charge in [-0.1, -0.05) is 30.3 Å². The third kappa shape index (κ3) is 1.96. The van der Waals surface area contributed by atoms with E-state index < -0.39 is 5.97 Å². The van der Waals surface area contributed by atoms with Gasteiger partial charge in [0.15, 0.2) is 0 Å². The maximum atomic E-state index is 11.1. The fourth-order valence-corrected chi connectivity index (χ4v) is 2.76. The number of nitrogens with zero attached hydrogens (tertiary/aromatic N) is 2. The van der Waals surface area contributed by atoms with Crippen LogP contribution in [0.4, 0.5) is 0 Å². The standard InChI is InChI=1S/C17H12N2O2/c20-17(21)12-5-6-13-14(9-12)19-16-8-11-4-2-1-3-10(11)7-15(16)18-13/h1-5,7-8H,6,9H2,(H,20,21). The summed E-state index contributed by atoms with van der Waals surface area (Å²) in [5, 5.41) is 11.4. The van der Waals surface area contributed by atoms with Gasteiger partial charge in [0.25, 0.3) is 0 Å². The van der Waals surface area contributed by atoms with Crippen molar-refractivity contribution in [3.8, 4) is 0 Å². The summed E-state index contributed by atoms with van der Waals surface area (Å²) >= 11 is 0. The first kappa shape index (κ1) is 12.0. The molecule has 4 nitrogen and oxygen atoms in total. The van der Waals surface area contributed by atoms with Gasteiger partial charge < -0.3 is 5.11 Å². The molecule has 1 aromatic heterocycles. The van der Waals surface area contributed by atoms with Crippen molar-refractivity contribution in [2.75, 3.05) is 0 Å². The van der Waals surface area contributed by atoms with Crippen molar-refractivity contribution in [3.63, 3.8) is 0 Å². The first-order valence-corrected chi connectivity index (χ1v) is 6.81. The minimum Gasteiger partial charge on any atom is -0.478 e. The van der Waals surface area contributed by atoms with E-state index in [2.05, 4.69) is 16.0 Å². The number of carbonyl (C=O) groups is 1. The number of allylic oxidation sites excluding steroid dienone is 1. The van der Waals surface area contributed by atoms with Gasteiger partial charge in [0.2, 0.25) is 0 Å². The number of benzene rings is 2. The van der Waals surface area contributed by atoms with Crippen LogP contribution in [0, 0.1) is 0 Å². The Morgan fingerprint density at radius 1 is 1.00 bits per heavy atom. The zero-order valence-electron chi connectivity index (χ0n) is 11.2. The smallest absolute Gasteiger partial charge is 0.331 e. The van der Waals surface area contributed by atoms with E-state index in [0.717, 1.165) is 33.2 Å². The van der Waals surface area contributed by atoms with Gasteiger partial charge in [-0.15, -0.1) is 0 Å². The molecule has 0 bridgehead atoms. The Kier molecular flexibility index (Phi) is 2.51. The minimum atomic E-state index is -0.874. The zero-order valence-corrected chi connectivity index (χ0v) is 11.2. The van der Waals surface area contributed by atoms with Crippen LogP contribution < -0.4 is 0 Å². The molecule has 0 amide bonds. The molecule has 0 saturated carbocycles. The first-order valence-electron chi connectivity index (χ1n) is 6.81. The Hall–Kier alpha value is -2.75. The second-order valence-electron chi connectivity index (χ2n) is 5.22. The maximum Gasteiger partial charge on any atom is 0.331 e. The monoisotopic (exact) mass is 276 g/mol. The van der Waals surface area contributed by atoms with E-state index in [1.54, 1.807) is 6.08 Å². The summed E-state index contributed by atoms with van der Waals surface area (Å²) in [6.45, 7) is 0. The summed E-state index contributed by atoms with van der Waals surface area (Å²) in [7, 11) is 0. The number of hydrogen-bond donors (Lipinski definition) is 1. The maximum absolute atomic E-state index is 11.1. The van der Waals surface area contributed by atoms with E-state index in [1.807, 2.05) is 30.3 Å². The van der Waals surface area contributed by atoms with Gasteiger partial charge in [-0.2, -0.15) is 0 Å². The summed E-state index contributed by atoms with van der Waals surface area (Å²) in [6, 6.07) is 12.1. The number of aromatic nitrogens is 2. The van der Waals surface area contributed by atoms with Crippen molar-refractivity contribution in [2.24, 2.45) is 0 Å². The van der Waals surface area contributed by atoms with Crippen LogP contribution in [0.2, 0.25) is 0 Å². The largest absolute Gasteiger partial charge is 0.478 e. The first-order chi connectivity index (χ1) is 10.2. The van der Waals surface area contributed by atoms with Crippen molar-refractivity contribution in [2.45, 2.75) is 12.8 Å². The molecule has 0 fully saturated rings. The number of aliphatic carboxylic acids is 1. The van der Waals surface area contributed by atoms with E-state index in [0.29, 0.717) is 18.4 Å². The average molecular weight is 276 g/mol. The fourth-order valence-electron chi connectivity index (χ4n) is 2.76. The lowest BCUT2D eigenvalue weighted by atomic mass is 9.99. The Morgan fingerprint density at radius 2 is 1.62 bits per heavy atom. The Bertz CT molecular complexity index is 929. The molecule has 2 aromatic carbocycles. The van der Waals surface area contributed by atoms with Crippen LogP contribution in [0.15, 0.2) is 48.0 Å². The van der Waals surface area contributed by atoms with Crippen LogP contribution in [0.3, 0.4) is 0 Å². The third-order valence-corrected chi connectivity index (χ3v) is 3.86. The predicted octanol–water partition coefficient (Wildman–Crippen LogP) is 2.89. The normalized spacial score (nSPS) is 14.0. The molecule has 0 radical (unpaired) electrons. The lowest BCUT2D eigenvalue weighted by Gasteiger charge is -2.14. The van der Waals surface area contributed by atoms with Crippen molar-refractivity contribution >= 4 is 27.8 Å². The molecule has 21 heavy (non-hydrogen) atoms. The van der Waals surface area contributed by atoms with Crippen molar-refractivity contribution < 1.29 is 9.90 Å². The molecule has 4 rings (SSSR count). The van der Waals surface area contributed by atoms with Crippen molar-refractivity contribution in [1.82, 2.24) is 9.97 Å². The lowest BCUT2D eigenvalue weighted by molar-refractivity contribution is -0.132. The van der Waals surface area contributed by atoms with Gasteiger partial charge in [-0.25, -0.2) is 14.8 Å². The molecule has 0 atom stereocenters. The molecule has 1 aliphatic carbocycles. The highest BCUT2D eigenvalue weighted by molar-refractivity contribution is 5.95. The molecular formula is C17H12N2O2. The van der Waals surface area contributed by atoms with E-state index in [-0.39, 0.29) is 0 Å². The second-order valence-corrected chi connectivity index (χ2v) is 5.22. The quantitative estimate of drug-likeness (QED) is 0.694. The lowest BCUT2D eigenvalue weighted by Crippen LogP contribution is -2.13. The molecule has 1 heterocycles. The minimum absolute atomic E-state index is 0.348. The number of carboxylic acids is 1. The van der Waals surface area contributed by atoms with E-state index in [9.17, 15) is 4.79 Å². The summed E-state index contributed by atoms with van der Waals surface area (Å²) in [6.07, 6.45) is 2.61.